The average Bonchev–Trinajstić information content (AvgIpc) is 2.86. The van der Waals surface area contributed by atoms with E-state index >= 15 is 0 Å². The minimum atomic E-state index is -0.185. The fourth-order valence-corrected chi connectivity index (χ4v) is 4.09. The van der Waals surface area contributed by atoms with Crippen LogP contribution < -0.4 is 10.3 Å². The summed E-state index contributed by atoms with van der Waals surface area (Å²) in [5, 5.41) is 0. The number of piperazine rings is 1. The number of rotatable bonds is 7. The van der Waals surface area contributed by atoms with Gasteiger partial charge >= 0.3 is 0 Å². The molecular formula is C27H32N4O3. The lowest BCUT2D eigenvalue weighted by Gasteiger charge is -2.35. The highest BCUT2D eigenvalue weighted by atomic mass is 16.5. The number of hydrogen-bond donors (Lipinski definition) is 1. The molecule has 2 heterocycles. The number of H-pyrrole nitrogens is 1. The highest BCUT2D eigenvalue weighted by Gasteiger charge is 2.23. The largest absolute Gasteiger partial charge is 0.493 e. The van der Waals surface area contributed by atoms with Crippen LogP contribution in [0.4, 0.5) is 0 Å². The van der Waals surface area contributed by atoms with Gasteiger partial charge in [0.2, 0.25) is 0 Å². The zero-order valence-corrected chi connectivity index (χ0v) is 20.1. The molecule has 1 N–H and O–H groups in total. The Morgan fingerprint density at radius 3 is 2.47 bits per heavy atom. The molecule has 1 aliphatic rings. The van der Waals surface area contributed by atoms with Crippen molar-refractivity contribution in [3.63, 3.8) is 0 Å². The summed E-state index contributed by atoms with van der Waals surface area (Å²) in [7, 11) is 0. The molecule has 1 fully saturated rings. The molecular weight excluding hydrogens is 428 g/mol. The SMILES string of the molecule is CCCOc1ccc(C(=O)N2CCN(Cc3ccccc3)CC2)cc1-c1nc(C)c(C)c(=O)[nH]1. The molecule has 1 amide bonds. The maximum atomic E-state index is 13.3. The Morgan fingerprint density at radius 1 is 1.06 bits per heavy atom. The van der Waals surface area contributed by atoms with E-state index in [4.69, 9.17) is 4.74 Å². The van der Waals surface area contributed by atoms with E-state index in [2.05, 4.69) is 39.1 Å². The minimum absolute atomic E-state index is 0.0196. The van der Waals surface area contributed by atoms with Crippen LogP contribution in [0.2, 0.25) is 0 Å². The van der Waals surface area contributed by atoms with Gasteiger partial charge in [0.1, 0.15) is 11.6 Å². The third-order valence-corrected chi connectivity index (χ3v) is 6.25. The number of carbonyl (C=O) groups is 1. The summed E-state index contributed by atoms with van der Waals surface area (Å²) in [4.78, 5) is 37.4. The van der Waals surface area contributed by atoms with Gasteiger partial charge in [-0.15, -0.1) is 0 Å². The van der Waals surface area contributed by atoms with E-state index in [0.29, 0.717) is 53.7 Å². The molecule has 7 heteroatoms. The number of hydrogen-bond acceptors (Lipinski definition) is 5. The number of benzene rings is 2. The van der Waals surface area contributed by atoms with Crippen molar-refractivity contribution in [2.45, 2.75) is 33.7 Å². The lowest BCUT2D eigenvalue weighted by Crippen LogP contribution is -2.48. The summed E-state index contributed by atoms with van der Waals surface area (Å²) in [5.74, 6) is 1.01. The molecule has 178 valence electrons. The van der Waals surface area contributed by atoms with Crippen molar-refractivity contribution in [3.8, 4) is 17.1 Å². The Bertz CT molecular complexity index is 1200. The van der Waals surface area contributed by atoms with Crippen LogP contribution in [-0.4, -0.2) is 58.5 Å². The molecule has 34 heavy (non-hydrogen) atoms. The molecule has 2 aromatic carbocycles. The van der Waals surface area contributed by atoms with Gasteiger partial charge in [-0.3, -0.25) is 14.5 Å². The third kappa shape index (κ3) is 5.37. The van der Waals surface area contributed by atoms with E-state index in [-0.39, 0.29) is 11.5 Å². The Balaban J connectivity index is 1.53. The molecule has 0 bridgehead atoms. The van der Waals surface area contributed by atoms with Crippen LogP contribution in [0, 0.1) is 13.8 Å². The van der Waals surface area contributed by atoms with E-state index in [1.807, 2.05) is 24.8 Å². The number of nitrogens with zero attached hydrogens (tertiary/aromatic N) is 3. The number of aromatic nitrogens is 2. The van der Waals surface area contributed by atoms with Gasteiger partial charge in [0.25, 0.3) is 11.5 Å². The molecule has 1 saturated heterocycles. The number of nitrogens with one attached hydrogen (secondary N) is 1. The van der Waals surface area contributed by atoms with E-state index in [1.54, 1.807) is 25.1 Å². The van der Waals surface area contributed by atoms with E-state index in [0.717, 1.165) is 26.1 Å². The van der Waals surface area contributed by atoms with Gasteiger partial charge in [0, 0.05) is 49.5 Å². The van der Waals surface area contributed by atoms with Gasteiger partial charge in [-0.2, -0.15) is 0 Å². The van der Waals surface area contributed by atoms with Gasteiger partial charge in [0.05, 0.1) is 12.2 Å². The predicted octanol–water partition coefficient (Wildman–Crippen LogP) is 3.80. The van der Waals surface area contributed by atoms with Gasteiger partial charge in [-0.25, -0.2) is 4.98 Å². The van der Waals surface area contributed by atoms with Crippen molar-refractivity contribution in [1.82, 2.24) is 19.8 Å². The van der Waals surface area contributed by atoms with Gasteiger partial charge in [-0.1, -0.05) is 37.3 Å². The molecule has 7 nitrogen and oxygen atoms in total. The second-order valence-electron chi connectivity index (χ2n) is 8.74. The molecule has 4 rings (SSSR count). The van der Waals surface area contributed by atoms with Crippen LogP contribution >= 0.6 is 0 Å². The quantitative estimate of drug-likeness (QED) is 0.580. The van der Waals surface area contributed by atoms with Crippen molar-refractivity contribution in [2.24, 2.45) is 0 Å². The van der Waals surface area contributed by atoms with Gasteiger partial charge < -0.3 is 14.6 Å². The topological polar surface area (TPSA) is 78.5 Å². The highest BCUT2D eigenvalue weighted by molar-refractivity contribution is 5.96. The Morgan fingerprint density at radius 2 is 1.79 bits per heavy atom. The lowest BCUT2D eigenvalue weighted by molar-refractivity contribution is 0.0628. The van der Waals surface area contributed by atoms with Crippen LogP contribution in [0.5, 0.6) is 5.75 Å². The van der Waals surface area contributed by atoms with Crippen LogP contribution in [0.15, 0.2) is 53.3 Å². The first-order valence-electron chi connectivity index (χ1n) is 11.9. The standard InChI is InChI=1S/C27H32N4O3/c1-4-16-34-24-11-10-22(17-23(24)25-28-20(3)19(2)26(32)29-25)27(33)31-14-12-30(13-15-31)18-21-8-6-5-7-9-21/h5-11,17H,4,12-16,18H2,1-3H3,(H,28,29,32). The summed E-state index contributed by atoms with van der Waals surface area (Å²) in [6, 6.07) is 15.8. The predicted molar refractivity (Wildman–Crippen MR) is 133 cm³/mol. The van der Waals surface area contributed by atoms with Crippen LogP contribution in [0.1, 0.15) is 40.5 Å². The molecule has 0 aliphatic carbocycles. The molecule has 0 atom stereocenters. The zero-order valence-electron chi connectivity index (χ0n) is 20.1. The third-order valence-electron chi connectivity index (χ3n) is 6.25. The summed E-state index contributed by atoms with van der Waals surface area (Å²) < 4.78 is 5.91. The van der Waals surface area contributed by atoms with Gasteiger partial charge in [-0.05, 0) is 44.0 Å². The summed E-state index contributed by atoms with van der Waals surface area (Å²) in [6.45, 7) is 10.0. The number of amides is 1. The number of aromatic amines is 1. The molecule has 1 aliphatic heterocycles. The lowest BCUT2D eigenvalue weighted by atomic mass is 10.1. The molecule has 3 aromatic rings. The van der Waals surface area contributed by atoms with Crippen molar-refractivity contribution in [3.05, 3.63) is 81.3 Å². The van der Waals surface area contributed by atoms with Crippen molar-refractivity contribution in [1.29, 1.82) is 0 Å². The molecule has 0 saturated carbocycles. The van der Waals surface area contributed by atoms with Crippen LogP contribution in [0.3, 0.4) is 0 Å². The molecule has 1 aromatic heterocycles. The number of carbonyl (C=O) groups excluding carboxylic acids is 1. The molecule has 0 radical (unpaired) electrons. The number of ether oxygens (including phenoxy) is 1. The average molecular weight is 461 g/mol. The van der Waals surface area contributed by atoms with E-state index in [1.165, 1.54) is 5.56 Å². The second kappa shape index (κ2) is 10.7. The minimum Gasteiger partial charge on any atom is -0.493 e. The summed E-state index contributed by atoms with van der Waals surface area (Å²) >= 11 is 0. The van der Waals surface area contributed by atoms with Crippen molar-refractivity contribution < 1.29 is 9.53 Å². The Hall–Kier alpha value is -3.45. The Kier molecular flexibility index (Phi) is 7.43. The first-order valence-corrected chi connectivity index (χ1v) is 11.9. The monoisotopic (exact) mass is 460 g/mol. The van der Waals surface area contributed by atoms with Crippen LogP contribution in [-0.2, 0) is 6.54 Å². The van der Waals surface area contributed by atoms with E-state index < -0.39 is 0 Å². The molecule has 0 spiro atoms. The highest BCUT2D eigenvalue weighted by Crippen LogP contribution is 2.29. The first kappa shape index (κ1) is 23.7. The maximum absolute atomic E-state index is 13.3. The first-order chi connectivity index (χ1) is 16.5. The fourth-order valence-electron chi connectivity index (χ4n) is 4.09. The zero-order chi connectivity index (χ0) is 24.1. The normalized spacial score (nSPS) is 14.3. The maximum Gasteiger partial charge on any atom is 0.254 e. The van der Waals surface area contributed by atoms with Gasteiger partial charge in [0.15, 0.2) is 0 Å². The van der Waals surface area contributed by atoms with Crippen molar-refractivity contribution in [2.75, 3.05) is 32.8 Å². The summed E-state index contributed by atoms with van der Waals surface area (Å²) in [6.07, 6.45) is 0.851. The smallest absolute Gasteiger partial charge is 0.254 e. The van der Waals surface area contributed by atoms with Crippen LogP contribution in [0.25, 0.3) is 11.4 Å². The second-order valence-corrected chi connectivity index (χ2v) is 8.74. The van der Waals surface area contributed by atoms with E-state index in [9.17, 15) is 9.59 Å². The molecule has 0 unspecified atom stereocenters. The fraction of sp³-hybridized carbons (Fsp3) is 0.370. The summed E-state index contributed by atoms with van der Waals surface area (Å²) in [5.41, 5.74) is 3.53. The number of aryl methyl sites for hydroxylation is 1. The van der Waals surface area contributed by atoms with Crippen molar-refractivity contribution >= 4 is 5.91 Å². The Labute approximate surface area is 200 Å².